The molecule has 4 aromatic rings. The van der Waals surface area contributed by atoms with Crippen molar-refractivity contribution < 1.29 is 9.72 Å². The van der Waals surface area contributed by atoms with Crippen molar-refractivity contribution in [3.05, 3.63) is 94.4 Å². The highest BCUT2D eigenvalue weighted by Crippen LogP contribution is 2.23. The molecule has 0 saturated heterocycles. The van der Waals surface area contributed by atoms with Crippen molar-refractivity contribution in [1.29, 1.82) is 0 Å². The summed E-state index contributed by atoms with van der Waals surface area (Å²) in [5.74, 6) is -0.172. The first-order valence-corrected chi connectivity index (χ1v) is 10.2. The first-order valence-electron chi connectivity index (χ1n) is 10.2. The van der Waals surface area contributed by atoms with Gasteiger partial charge in [-0.2, -0.15) is 10.2 Å². The van der Waals surface area contributed by atoms with Crippen molar-refractivity contribution in [3.8, 4) is 16.9 Å². The number of hydrogen-bond acceptors (Lipinski definition) is 5. The molecule has 0 aliphatic heterocycles. The van der Waals surface area contributed by atoms with E-state index in [2.05, 4.69) is 10.4 Å². The SMILES string of the molecule is Cc1c([N+](=O)[O-])cnn1CCC(=O)NCc1cn(-c2ccccc2)nc1-c1ccccc1. The normalized spacial score (nSPS) is 10.8. The number of nitrogens with one attached hydrogen (secondary N) is 1. The molecule has 9 nitrogen and oxygen atoms in total. The lowest BCUT2D eigenvalue weighted by Gasteiger charge is -2.07. The zero-order valence-corrected chi connectivity index (χ0v) is 17.5. The van der Waals surface area contributed by atoms with Crippen LogP contribution in [0.2, 0.25) is 0 Å². The summed E-state index contributed by atoms with van der Waals surface area (Å²) in [6, 6.07) is 19.6. The molecule has 4 rings (SSSR count). The molecule has 1 amide bonds. The fourth-order valence-electron chi connectivity index (χ4n) is 3.42. The molecule has 0 atom stereocenters. The molecule has 0 unspecified atom stereocenters. The number of para-hydroxylation sites is 1. The minimum Gasteiger partial charge on any atom is -0.352 e. The predicted octanol–water partition coefficient (Wildman–Crippen LogP) is 3.66. The van der Waals surface area contributed by atoms with Gasteiger partial charge in [0, 0.05) is 30.3 Å². The Bertz CT molecular complexity index is 1230. The number of rotatable bonds is 8. The first-order chi connectivity index (χ1) is 15.5. The van der Waals surface area contributed by atoms with E-state index in [0.717, 1.165) is 22.5 Å². The third kappa shape index (κ3) is 4.56. The van der Waals surface area contributed by atoms with Crippen molar-refractivity contribution in [2.45, 2.75) is 26.4 Å². The second kappa shape index (κ2) is 9.25. The Morgan fingerprint density at radius 1 is 1.09 bits per heavy atom. The van der Waals surface area contributed by atoms with E-state index in [1.165, 1.54) is 10.9 Å². The molecule has 0 aliphatic carbocycles. The summed E-state index contributed by atoms with van der Waals surface area (Å²) in [5.41, 5.74) is 3.96. The van der Waals surface area contributed by atoms with Gasteiger partial charge in [-0.15, -0.1) is 0 Å². The number of amides is 1. The van der Waals surface area contributed by atoms with Gasteiger partial charge < -0.3 is 5.32 Å². The van der Waals surface area contributed by atoms with E-state index in [1.54, 1.807) is 11.6 Å². The quantitative estimate of drug-likeness (QED) is 0.339. The lowest BCUT2D eigenvalue weighted by atomic mass is 10.1. The molecular formula is C23H22N6O3. The van der Waals surface area contributed by atoms with Crippen molar-refractivity contribution in [1.82, 2.24) is 24.9 Å². The van der Waals surface area contributed by atoms with Gasteiger partial charge in [0.15, 0.2) is 0 Å². The van der Waals surface area contributed by atoms with Crippen LogP contribution in [0.3, 0.4) is 0 Å². The van der Waals surface area contributed by atoms with E-state index in [1.807, 2.05) is 66.9 Å². The minimum absolute atomic E-state index is 0.0498. The number of hydrogen-bond donors (Lipinski definition) is 1. The van der Waals surface area contributed by atoms with Gasteiger partial charge >= 0.3 is 5.69 Å². The Hall–Kier alpha value is -4.27. The molecule has 2 aromatic carbocycles. The maximum absolute atomic E-state index is 12.5. The molecule has 0 aliphatic rings. The smallest absolute Gasteiger partial charge is 0.309 e. The fraction of sp³-hybridized carbons (Fsp3) is 0.174. The average molecular weight is 430 g/mol. The summed E-state index contributed by atoms with van der Waals surface area (Å²) in [4.78, 5) is 22.9. The van der Waals surface area contributed by atoms with Crippen LogP contribution in [0, 0.1) is 17.0 Å². The van der Waals surface area contributed by atoms with Crippen LogP contribution in [0.1, 0.15) is 17.7 Å². The average Bonchev–Trinajstić information content (AvgIpc) is 3.41. The van der Waals surface area contributed by atoms with Gasteiger partial charge in [-0.3, -0.25) is 19.6 Å². The van der Waals surface area contributed by atoms with Crippen molar-refractivity contribution in [3.63, 3.8) is 0 Å². The van der Waals surface area contributed by atoms with Crippen LogP contribution in [0.15, 0.2) is 73.1 Å². The number of aryl methyl sites for hydroxylation is 1. The molecule has 0 fully saturated rings. The number of nitrogens with zero attached hydrogens (tertiary/aromatic N) is 5. The predicted molar refractivity (Wildman–Crippen MR) is 119 cm³/mol. The lowest BCUT2D eigenvalue weighted by Crippen LogP contribution is -2.24. The maximum Gasteiger partial charge on any atom is 0.309 e. The first kappa shape index (κ1) is 21.0. The van der Waals surface area contributed by atoms with Gasteiger partial charge in [-0.1, -0.05) is 48.5 Å². The number of carbonyl (C=O) groups is 1. The highest BCUT2D eigenvalue weighted by Gasteiger charge is 2.17. The third-order valence-electron chi connectivity index (χ3n) is 5.16. The van der Waals surface area contributed by atoms with Gasteiger partial charge in [-0.25, -0.2) is 4.68 Å². The molecule has 162 valence electrons. The Labute approximate surface area is 184 Å². The summed E-state index contributed by atoms with van der Waals surface area (Å²) >= 11 is 0. The van der Waals surface area contributed by atoms with Gasteiger partial charge in [-0.05, 0) is 19.1 Å². The second-order valence-electron chi connectivity index (χ2n) is 7.27. The molecule has 0 spiro atoms. The van der Waals surface area contributed by atoms with E-state index in [4.69, 9.17) is 5.10 Å². The van der Waals surface area contributed by atoms with Crippen LogP contribution < -0.4 is 5.32 Å². The molecule has 9 heteroatoms. The summed E-state index contributed by atoms with van der Waals surface area (Å²) in [5, 5.41) is 22.6. The van der Waals surface area contributed by atoms with Gasteiger partial charge in [0.2, 0.25) is 5.91 Å². The molecule has 0 radical (unpaired) electrons. The van der Waals surface area contributed by atoms with Crippen molar-refractivity contribution in [2.75, 3.05) is 0 Å². The van der Waals surface area contributed by atoms with Crippen LogP contribution >= 0.6 is 0 Å². The van der Waals surface area contributed by atoms with E-state index in [-0.39, 0.29) is 24.6 Å². The van der Waals surface area contributed by atoms with Gasteiger partial charge in [0.1, 0.15) is 11.9 Å². The molecule has 2 heterocycles. The summed E-state index contributed by atoms with van der Waals surface area (Å²) < 4.78 is 3.27. The van der Waals surface area contributed by atoms with E-state index >= 15 is 0 Å². The molecule has 2 aromatic heterocycles. The molecule has 32 heavy (non-hydrogen) atoms. The highest BCUT2D eigenvalue weighted by molar-refractivity contribution is 5.76. The van der Waals surface area contributed by atoms with Crippen molar-refractivity contribution >= 4 is 11.6 Å². The van der Waals surface area contributed by atoms with Gasteiger partial charge in [0.05, 0.1) is 22.8 Å². The Kier molecular flexibility index (Phi) is 6.07. The monoisotopic (exact) mass is 430 g/mol. The van der Waals surface area contributed by atoms with E-state index in [9.17, 15) is 14.9 Å². The van der Waals surface area contributed by atoms with E-state index < -0.39 is 4.92 Å². The number of carbonyl (C=O) groups excluding carboxylic acids is 1. The van der Waals surface area contributed by atoms with Crippen molar-refractivity contribution in [2.24, 2.45) is 0 Å². The lowest BCUT2D eigenvalue weighted by molar-refractivity contribution is -0.385. The van der Waals surface area contributed by atoms with E-state index in [0.29, 0.717) is 12.2 Å². The Morgan fingerprint density at radius 2 is 1.78 bits per heavy atom. The molecule has 0 bridgehead atoms. The van der Waals surface area contributed by atoms with Crippen LogP contribution in [0.5, 0.6) is 0 Å². The van der Waals surface area contributed by atoms with Crippen LogP contribution in [0.4, 0.5) is 5.69 Å². The Balaban J connectivity index is 1.47. The maximum atomic E-state index is 12.5. The summed E-state index contributed by atoms with van der Waals surface area (Å²) in [6.07, 6.45) is 3.28. The zero-order valence-electron chi connectivity index (χ0n) is 17.5. The Morgan fingerprint density at radius 3 is 2.44 bits per heavy atom. The largest absolute Gasteiger partial charge is 0.352 e. The number of nitro groups is 1. The van der Waals surface area contributed by atoms with Crippen LogP contribution in [-0.2, 0) is 17.9 Å². The standard InChI is InChI=1S/C23H22N6O3/c1-17-21(29(31)32)15-25-27(17)13-12-22(30)24-14-19-16-28(20-10-6-3-7-11-20)26-23(19)18-8-4-2-5-9-18/h2-11,15-16H,12-14H2,1H3,(H,24,30). The second-order valence-corrected chi connectivity index (χ2v) is 7.27. The third-order valence-corrected chi connectivity index (χ3v) is 5.16. The number of benzene rings is 2. The molecule has 0 saturated carbocycles. The summed E-state index contributed by atoms with van der Waals surface area (Å²) in [7, 11) is 0. The molecule has 1 N–H and O–H groups in total. The highest BCUT2D eigenvalue weighted by atomic mass is 16.6. The summed E-state index contributed by atoms with van der Waals surface area (Å²) in [6.45, 7) is 2.20. The molecular weight excluding hydrogens is 408 g/mol. The van der Waals surface area contributed by atoms with Gasteiger partial charge in [0.25, 0.3) is 0 Å². The zero-order chi connectivity index (χ0) is 22.5. The topological polar surface area (TPSA) is 108 Å². The van der Waals surface area contributed by atoms with Crippen LogP contribution in [-0.4, -0.2) is 30.4 Å². The number of aromatic nitrogens is 4. The van der Waals surface area contributed by atoms with Crippen LogP contribution in [0.25, 0.3) is 16.9 Å². The fourth-order valence-corrected chi connectivity index (χ4v) is 3.42. The minimum atomic E-state index is -0.478.